The van der Waals surface area contributed by atoms with Gasteiger partial charge in [-0.3, -0.25) is 0 Å². The van der Waals surface area contributed by atoms with Crippen molar-refractivity contribution < 1.29 is 4.74 Å². The first kappa shape index (κ1) is 13.5. The van der Waals surface area contributed by atoms with Gasteiger partial charge in [0.25, 0.3) is 0 Å². The van der Waals surface area contributed by atoms with Crippen LogP contribution in [-0.4, -0.2) is 39.3 Å². The molecule has 2 aliphatic heterocycles. The third-order valence-corrected chi connectivity index (χ3v) is 5.13. The van der Waals surface area contributed by atoms with Crippen LogP contribution >= 0.6 is 0 Å². The van der Waals surface area contributed by atoms with Crippen molar-refractivity contribution in [2.75, 3.05) is 19.8 Å². The van der Waals surface area contributed by atoms with Crippen LogP contribution in [0.2, 0.25) is 0 Å². The predicted octanol–water partition coefficient (Wildman–Crippen LogP) is 2.69. The summed E-state index contributed by atoms with van der Waals surface area (Å²) in [7, 11) is 0. The molecule has 2 fully saturated rings. The van der Waals surface area contributed by atoms with E-state index in [4.69, 9.17) is 9.72 Å². The summed E-state index contributed by atoms with van der Waals surface area (Å²) in [5, 5.41) is 4.76. The van der Waals surface area contributed by atoms with Gasteiger partial charge in [0.1, 0.15) is 17.0 Å². The molecular weight excluding hydrogens is 290 g/mol. The van der Waals surface area contributed by atoms with Gasteiger partial charge in [-0.2, -0.15) is 0 Å². The number of hydrogen-bond acceptors (Lipinski definition) is 4. The fourth-order valence-corrected chi connectivity index (χ4v) is 4.06. The summed E-state index contributed by atoms with van der Waals surface area (Å²) in [6.45, 7) is 2.73. The molecule has 5 heterocycles. The van der Waals surface area contributed by atoms with Crippen molar-refractivity contribution in [2.45, 2.75) is 37.8 Å². The van der Waals surface area contributed by atoms with Gasteiger partial charge < -0.3 is 19.6 Å². The van der Waals surface area contributed by atoms with Crippen molar-refractivity contribution in [1.29, 1.82) is 0 Å². The number of H-pyrrole nitrogens is 1. The topological polar surface area (TPSA) is 67.8 Å². The molecule has 6 nitrogen and oxygen atoms in total. The Kier molecular flexibility index (Phi) is 3.12. The molecular formula is C17H21N5O. The van der Waals surface area contributed by atoms with Gasteiger partial charge in [-0.15, -0.1) is 0 Å². The minimum absolute atomic E-state index is 0.346. The summed E-state index contributed by atoms with van der Waals surface area (Å²) in [6, 6.07) is 2.82. The van der Waals surface area contributed by atoms with Crippen LogP contribution in [-0.2, 0) is 4.74 Å². The van der Waals surface area contributed by atoms with E-state index < -0.39 is 0 Å². The van der Waals surface area contributed by atoms with E-state index in [0.29, 0.717) is 12.1 Å². The average Bonchev–Trinajstić information content (AvgIpc) is 3.32. The maximum absolute atomic E-state index is 5.77. The van der Waals surface area contributed by atoms with Crippen LogP contribution in [0.4, 0.5) is 0 Å². The summed E-state index contributed by atoms with van der Waals surface area (Å²) >= 11 is 0. The highest BCUT2D eigenvalue weighted by Gasteiger charge is 2.29. The van der Waals surface area contributed by atoms with Gasteiger partial charge in [0.2, 0.25) is 0 Å². The van der Waals surface area contributed by atoms with Crippen LogP contribution in [0.5, 0.6) is 0 Å². The zero-order valence-corrected chi connectivity index (χ0v) is 13.1. The van der Waals surface area contributed by atoms with Crippen LogP contribution in [0, 0.1) is 0 Å². The Bertz CT molecular complexity index is 839. The molecule has 0 spiro atoms. The van der Waals surface area contributed by atoms with Gasteiger partial charge in [0.15, 0.2) is 0 Å². The van der Waals surface area contributed by atoms with Gasteiger partial charge in [0.05, 0.1) is 30.4 Å². The molecule has 3 aromatic heterocycles. The molecule has 0 bridgehead atoms. The van der Waals surface area contributed by atoms with Gasteiger partial charge in [-0.05, 0) is 38.3 Å². The smallest absolute Gasteiger partial charge is 0.139 e. The zero-order valence-electron chi connectivity index (χ0n) is 13.1. The Hall–Kier alpha value is -1.92. The van der Waals surface area contributed by atoms with Crippen LogP contribution < -0.4 is 5.32 Å². The summed E-state index contributed by atoms with van der Waals surface area (Å²) in [5.74, 6) is 1.16. The maximum atomic E-state index is 5.77. The van der Waals surface area contributed by atoms with Crippen LogP contribution in [0.3, 0.4) is 0 Å². The lowest BCUT2D eigenvalue weighted by atomic mass is 10.1. The number of hydrogen-bond donors (Lipinski definition) is 2. The molecule has 2 N–H and O–H groups in total. The number of rotatable bonds is 2. The molecule has 0 radical (unpaired) electrons. The molecule has 120 valence electrons. The molecule has 0 unspecified atom stereocenters. The fourth-order valence-electron chi connectivity index (χ4n) is 4.06. The molecule has 5 rings (SSSR count). The monoisotopic (exact) mass is 311 g/mol. The van der Waals surface area contributed by atoms with Crippen molar-refractivity contribution in [2.24, 2.45) is 0 Å². The number of imidazole rings is 1. The number of aromatic nitrogens is 4. The highest BCUT2D eigenvalue weighted by Crippen LogP contribution is 2.34. The second kappa shape index (κ2) is 5.32. The molecule has 0 aliphatic carbocycles. The average molecular weight is 311 g/mol. The number of fused-ring (bicyclic) bond motifs is 3. The zero-order chi connectivity index (χ0) is 15.2. The predicted molar refractivity (Wildman–Crippen MR) is 88.5 cm³/mol. The van der Waals surface area contributed by atoms with Crippen LogP contribution in [0.25, 0.3) is 22.1 Å². The SMILES string of the molecule is c1cc2c(ncc3nc([C@H]4CCCN4)n([C@@H]4CCCOC4)c32)[nH]1. The molecule has 2 atom stereocenters. The Morgan fingerprint density at radius 1 is 1.26 bits per heavy atom. The Balaban J connectivity index is 1.77. The van der Waals surface area contributed by atoms with Gasteiger partial charge in [0, 0.05) is 18.2 Å². The number of nitrogens with zero attached hydrogens (tertiary/aromatic N) is 3. The summed E-state index contributed by atoms with van der Waals surface area (Å²) in [4.78, 5) is 12.7. The van der Waals surface area contributed by atoms with Gasteiger partial charge in [-0.1, -0.05) is 0 Å². The number of ether oxygens (including phenoxy) is 1. The van der Waals surface area contributed by atoms with E-state index in [1.807, 2.05) is 12.4 Å². The first-order chi connectivity index (χ1) is 11.4. The normalized spacial score (nSPS) is 25.6. The Morgan fingerprint density at radius 2 is 2.26 bits per heavy atom. The molecule has 0 aromatic carbocycles. The van der Waals surface area contributed by atoms with E-state index in [1.54, 1.807) is 0 Å². The first-order valence-corrected chi connectivity index (χ1v) is 8.57. The van der Waals surface area contributed by atoms with E-state index in [9.17, 15) is 0 Å². The third kappa shape index (κ3) is 2.09. The highest BCUT2D eigenvalue weighted by atomic mass is 16.5. The first-order valence-electron chi connectivity index (χ1n) is 8.57. The molecule has 0 amide bonds. The van der Waals surface area contributed by atoms with E-state index in [2.05, 4.69) is 25.9 Å². The Morgan fingerprint density at radius 3 is 3.09 bits per heavy atom. The largest absolute Gasteiger partial charge is 0.379 e. The van der Waals surface area contributed by atoms with Crippen molar-refractivity contribution >= 4 is 22.1 Å². The molecule has 2 aliphatic rings. The standard InChI is InChI=1S/C17H21N5O/c1-4-13(18-6-1)17-21-14-9-20-16-12(5-7-19-16)15(14)22(17)11-3-2-8-23-10-11/h5,7,9,11,13,18H,1-4,6,8,10H2,(H,19,20)/t11-,13-/m1/s1. The van der Waals surface area contributed by atoms with E-state index in [0.717, 1.165) is 61.4 Å². The lowest BCUT2D eigenvalue weighted by Gasteiger charge is -2.27. The van der Waals surface area contributed by atoms with Crippen molar-refractivity contribution in [3.05, 3.63) is 24.3 Å². The highest BCUT2D eigenvalue weighted by molar-refractivity contribution is 6.01. The summed E-state index contributed by atoms with van der Waals surface area (Å²) < 4.78 is 8.21. The van der Waals surface area contributed by atoms with E-state index in [1.165, 1.54) is 11.9 Å². The van der Waals surface area contributed by atoms with Gasteiger partial charge in [-0.25, -0.2) is 9.97 Å². The van der Waals surface area contributed by atoms with Crippen molar-refractivity contribution in [3.8, 4) is 0 Å². The molecule has 23 heavy (non-hydrogen) atoms. The van der Waals surface area contributed by atoms with Crippen molar-refractivity contribution in [1.82, 2.24) is 24.8 Å². The Labute approximate surface area is 134 Å². The minimum atomic E-state index is 0.346. The molecule has 2 saturated heterocycles. The van der Waals surface area contributed by atoms with Gasteiger partial charge >= 0.3 is 0 Å². The lowest BCUT2D eigenvalue weighted by Crippen LogP contribution is -2.26. The van der Waals surface area contributed by atoms with Crippen molar-refractivity contribution in [3.63, 3.8) is 0 Å². The van der Waals surface area contributed by atoms with E-state index >= 15 is 0 Å². The second-order valence-corrected chi connectivity index (χ2v) is 6.59. The molecule has 0 saturated carbocycles. The maximum Gasteiger partial charge on any atom is 0.139 e. The lowest BCUT2D eigenvalue weighted by molar-refractivity contribution is 0.0591. The number of aromatic amines is 1. The van der Waals surface area contributed by atoms with Crippen LogP contribution in [0.15, 0.2) is 18.5 Å². The fraction of sp³-hybridized carbons (Fsp3) is 0.529. The van der Waals surface area contributed by atoms with Crippen LogP contribution in [0.1, 0.15) is 43.6 Å². The number of nitrogens with one attached hydrogen (secondary N) is 2. The summed E-state index contributed by atoms with van der Waals surface area (Å²) in [5.41, 5.74) is 3.13. The summed E-state index contributed by atoms with van der Waals surface area (Å²) in [6.07, 6.45) is 8.49. The number of pyridine rings is 1. The second-order valence-electron chi connectivity index (χ2n) is 6.59. The molecule has 3 aromatic rings. The third-order valence-electron chi connectivity index (χ3n) is 5.13. The quantitative estimate of drug-likeness (QED) is 0.763. The minimum Gasteiger partial charge on any atom is -0.379 e. The molecule has 6 heteroatoms. The van der Waals surface area contributed by atoms with E-state index in [-0.39, 0.29) is 0 Å².